The Kier molecular flexibility index (Phi) is 4.58. The van der Waals surface area contributed by atoms with Gasteiger partial charge in [-0.05, 0) is 23.3 Å². The van der Waals surface area contributed by atoms with Crippen LogP contribution in [0.25, 0.3) is 0 Å². The highest BCUT2D eigenvalue weighted by Gasteiger charge is 2.21. The Bertz CT molecular complexity index is 630. The standard InChI is InChI=1S/C17H18BrNO2/c1-20-10-14-15(18)7-4-8-16(14)19-17-11-21-9-12-5-2-3-6-13(12)17/h2-8,17,19H,9-11H2,1H3. The maximum Gasteiger partial charge on any atom is 0.0751 e. The van der Waals surface area contributed by atoms with Gasteiger partial charge in [0, 0.05) is 22.8 Å². The van der Waals surface area contributed by atoms with Crippen molar-refractivity contribution in [2.75, 3.05) is 19.0 Å². The molecule has 0 aromatic heterocycles. The van der Waals surface area contributed by atoms with E-state index in [1.165, 1.54) is 11.1 Å². The van der Waals surface area contributed by atoms with Crippen LogP contribution in [-0.4, -0.2) is 13.7 Å². The second-order valence-corrected chi connectivity index (χ2v) is 5.96. The topological polar surface area (TPSA) is 30.5 Å². The summed E-state index contributed by atoms with van der Waals surface area (Å²) >= 11 is 3.59. The van der Waals surface area contributed by atoms with Crippen LogP contribution in [-0.2, 0) is 22.7 Å². The van der Waals surface area contributed by atoms with E-state index in [4.69, 9.17) is 9.47 Å². The van der Waals surface area contributed by atoms with Gasteiger partial charge in [-0.2, -0.15) is 0 Å². The minimum Gasteiger partial charge on any atom is -0.380 e. The smallest absolute Gasteiger partial charge is 0.0751 e. The monoisotopic (exact) mass is 347 g/mol. The Morgan fingerprint density at radius 2 is 2.10 bits per heavy atom. The highest BCUT2D eigenvalue weighted by atomic mass is 79.9. The second kappa shape index (κ2) is 6.60. The lowest BCUT2D eigenvalue weighted by atomic mass is 9.98. The zero-order chi connectivity index (χ0) is 14.7. The predicted octanol–water partition coefficient (Wildman–Crippen LogP) is 4.28. The van der Waals surface area contributed by atoms with Crippen LogP contribution in [0.15, 0.2) is 46.9 Å². The molecule has 3 nitrogen and oxygen atoms in total. The summed E-state index contributed by atoms with van der Waals surface area (Å²) < 4.78 is 12.1. The molecule has 0 spiro atoms. The van der Waals surface area contributed by atoms with E-state index in [9.17, 15) is 0 Å². The van der Waals surface area contributed by atoms with Crippen molar-refractivity contribution >= 4 is 21.6 Å². The van der Waals surface area contributed by atoms with Gasteiger partial charge in [0.2, 0.25) is 0 Å². The quantitative estimate of drug-likeness (QED) is 0.895. The molecule has 1 unspecified atom stereocenters. The van der Waals surface area contributed by atoms with Crippen molar-refractivity contribution in [1.29, 1.82) is 0 Å². The molecule has 1 N–H and O–H groups in total. The molecule has 0 radical (unpaired) electrons. The normalized spacial score (nSPS) is 17.3. The van der Waals surface area contributed by atoms with Crippen LogP contribution in [0.3, 0.4) is 0 Å². The Balaban J connectivity index is 1.90. The first-order valence-corrected chi connectivity index (χ1v) is 7.77. The molecule has 1 aliphatic rings. The van der Waals surface area contributed by atoms with Crippen LogP contribution >= 0.6 is 15.9 Å². The summed E-state index contributed by atoms with van der Waals surface area (Å²) in [6.07, 6.45) is 0. The predicted molar refractivity (Wildman–Crippen MR) is 87.3 cm³/mol. The Hall–Kier alpha value is -1.36. The van der Waals surface area contributed by atoms with Gasteiger partial charge < -0.3 is 14.8 Å². The molecule has 1 aliphatic heterocycles. The second-order valence-electron chi connectivity index (χ2n) is 5.11. The van der Waals surface area contributed by atoms with Gasteiger partial charge in [0.05, 0.1) is 25.9 Å². The van der Waals surface area contributed by atoms with Crippen molar-refractivity contribution in [2.45, 2.75) is 19.3 Å². The first-order chi connectivity index (χ1) is 10.3. The fourth-order valence-corrected chi connectivity index (χ4v) is 3.15. The molecule has 0 saturated carbocycles. The van der Waals surface area contributed by atoms with Crippen molar-refractivity contribution in [2.24, 2.45) is 0 Å². The highest BCUT2D eigenvalue weighted by Crippen LogP contribution is 2.32. The average molecular weight is 348 g/mol. The van der Waals surface area contributed by atoms with E-state index in [2.05, 4.69) is 51.6 Å². The number of fused-ring (bicyclic) bond motifs is 1. The van der Waals surface area contributed by atoms with Gasteiger partial charge in [0.1, 0.15) is 0 Å². The van der Waals surface area contributed by atoms with Crippen LogP contribution in [0.2, 0.25) is 0 Å². The number of benzene rings is 2. The average Bonchev–Trinajstić information content (AvgIpc) is 2.51. The van der Waals surface area contributed by atoms with E-state index in [1.54, 1.807) is 7.11 Å². The molecule has 0 saturated heterocycles. The summed E-state index contributed by atoms with van der Waals surface area (Å²) in [6.45, 7) is 1.94. The number of nitrogens with one attached hydrogen (secondary N) is 1. The molecule has 2 aromatic rings. The number of hydrogen-bond acceptors (Lipinski definition) is 3. The third kappa shape index (κ3) is 3.12. The van der Waals surface area contributed by atoms with E-state index in [1.807, 2.05) is 12.1 Å². The largest absolute Gasteiger partial charge is 0.380 e. The van der Waals surface area contributed by atoms with Gasteiger partial charge in [-0.3, -0.25) is 0 Å². The minimum absolute atomic E-state index is 0.167. The van der Waals surface area contributed by atoms with Crippen LogP contribution in [0.1, 0.15) is 22.7 Å². The van der Waals surface area contributed by atoms with E-state index >= 15 is 0 Å². The number of ether oxygens (including phenoxy) is 2. The lowest BCUT2D eigenvalue weighted by Gasteiger charge is -2.28. The third-order valence-corrected chi connectivity index (χ3v) is 4.45. The molecule has 2 aromatic carbocycles. The number of methoxy groups -OCH3 is 1. The Labute approximate surface area is 133 Å². The molecule has 21 heavy (non-hydrogen) atoms. The van der Waals surface area contributed by atoms with E-state index in [0.717, 1.165) is 15.7 Å². The lowest BCUT2D eigenvalue weighted by Crippen LogP contribution is -2.23. The summed E-state index contributed by atoms with van der Waals surface area (Å²) in [5, 5.41) is 3.60. The van der Waals surface area contributed by atoms with Crippen LogP contribution in [0.5, 0.6) is 0 Å². The summed E-state index contributed by atoms with van der Waals surface area (Å²) in [7, 11) is 1.71. The summed E-state index contributed by atoms with van der Waals surface area (Å²) in [5.74, 6) is 0. The number of rotatable bonds is 4. The number of halogens is 1. The first-order valence-electron chi connectivity index (χ1n) is 6.98. The molecule has 0 fully saturated rings. The molecule has 110 valence electrons. The molecular weight excluding hydrogens is 330 g/mol. The van der Waals surface area contributed by atoms with Gasteiger partial charge in [0.25, 0.3) is 0 Å². The van der Waals surface area contributed by atoms with Crippen LogP contribution < -0.4 is 5.32 Å². The molecule has 4 heteroatoms. The maximum absolute atomic E-state index is 5.71. The zero-order valence-electron chi connectivity index (χ0n) is 11.9. The zero-order valence-corrected chi connectivity index (χ0v) is 13.5. The number of anilines is 1. The molecule has 0 amide bonds. The van der Waals surface area contributed by atoms with Gasteiger partial charge in [0.15, 0.2) is 0 Å². The molecule has 3 rings (SSSR count). The third-order valence-electron chi connectivity index (χ3n) is 3.71. The van der Waals surface area contributed by atoms with Gasteiger partial charge in [-0.15, -0.1) is 0 Å². The van der Waals surface area contributed by atoms with Crippen molar-refractivity contribution in [3.63, 3.8) is 0 Å². The van der Waals surface area contributed by atoms with Crippen LogP contribution in [0, 0.1) is 0 Å². The Morgan fingerprint density at radius 1 is 1.24 bits per heavy atom. The fourth-order valence-electron chi connectivity index (χ4n) is 2.67. The molecular formula is C17H18BrNO2. The van der Waals surface area contributed by atoms with E-state index in [0.29, 0.717) is 19.8 Å². The molecule has 0 bridgehead atoms. The summed E-state index contributed by atoms with van der Waals surface area (Å²) in [4.78, 5) is 0. The van der Waals surface area contributed by atoms with Crippen molar-refractivity contribution in [3.05, 3.63) is 63.6 Å². The van der Waals surface area contributed by atoms with Crippen molar-refractivity contribution in [1.82, 2.24) is 0 Å². The SMILES string of the molecule is COCc1c(Br)cccc1NC1COCc2ccccc21. The van der Waals surface area contributed by atoms with Gasteiger partial charge in [-0.1, -0.05) is 46.3 Å². The summed E-state index contributed by atoms with van der Waals surface area (Å²) in [5.41, 5.74) is 4.77. The number of hydrogen-bond donors (Lipinski definition) is 1. The molecule has 0 aliphatic carbocycles. The van der Waals surface area contributed by atoms with E-state index in [-0.39, 0.29) is 6.04 Å². The van der Waals surface area contributed by atoms with Crippen LogP contribution in [0.4, 0.5) is 5.69 Å². The molecule has 1 atom stereocenters. The summed E-state index contributed by atoms with van der Waals surface area (Å²) in [6, 6.07) is 14.7. The van der Waals surface area contributed by atoms with Gasteiger partial charge in [-0.25, -0.2) is 0 Å². The fraction of sp³-hybridized carbons (Fsp3) is 0.294. The lowest BCUT2D eigenvalue weighted by molar-refractivity contribution is 0.0969. The highest BCUT2D eigenvalue weighted by molar-refractivity contribution is 9.10. The van der Waals surface area contributed by atoms with E-state index < -0.39 is 0 Å². The van der Waals surface area contributed by atoms with Crippen molar-refractivity contribution in [3.8, 4) is 0 Å². The van der Waals surface area contributed by atoms with Crippen molar-refractivity contribution < 1.29 is 9.47 Å². The molecule has 1 heterocycles. The van der Waals surface area contributed by atoms with Gasteiger partial charge >= 0.3 is 0 Å². The minimum atomic E-state index is 0.167. The first kappa shape index (κ1) is 14.6. The maximum atomic E-state index is 5.71. The Morgan fingerprint density at radius 3 is 2.95 bits per heavy atom.